The SMILES string of the molecule is CCN(CCOC1CCCCO1)CC1CCCCN1. The Bertz CT molecular complexity index is 226. The Morgan fingerprint density at radius 3 is 2.79 bits per heavy atom. The molecule has 2 aliphatic heterocycles. The van der Waals surface area contributed by atoms with Gasteiger partial charge in [0.05, 0.1) is 6.61 Å². The first-order valence-corrected chi connectivity index (χ1v) is 8.07. The van der Waals surface area contributed by atoms with Gasteiger partial charge in [0, 0.05) is 25.7 Å². The van der Waals surface area contributed by atoms with Gasteiger partial charge in [0.1, 0.15) is 0 Å². The number of ether oxygens (including phenoxy) is 2. The van der Waals surface area contributed by atoms with Crippen molar-refractivity contribution >= 4 is 0 Å². The molecule has 2 aliphatic rings. The number of nitrogens with one attached hydrogen (secondary N) is 1. The molecule has 4 nitrogen and oxygen atoms in total. The molecular formula is C15H30N2O2. The summed E-state index contributed by atoms with van der Waals surface area (Å²) in [6.45, 7) is 8.38. The van der Waals surface area contributed by atoms with Crippen molar-refractivity contribution < 1.29 is 9.47 Å². The minimum Gasteiger partial charge on any atom is -0.353 e. The van der Waals surface area contributed by atoms with Crippen LogP contribution in [0, 0.1) is 0 Å². The van der Waals surface area contributed by atoms with Gasteiger partial charge in [-0.15, -0.1) is 0 Å². The Hall–Kier alpha value is -0.160. The van der Waals surface area contributed by atoms with E-state index in [2.05, 4.69) is 17.1 Å². The Morgan fingerprint density at radius 2 is 2.11 bits per heavy atom. The van der Waals surface area contributed by atoms with Crippen LogP contribution in [0.1, 0.15) is 45.4 Å². The van der Waals surface area contributed by atoms with E-state index in [0.29, 0.717) is 6.04 Å². The molecule has 0 radical (unpaired) electrons. The molecule has 0 aromatic heterocycles. The second-order valence-electron chi connectivity index (χ2n) is 5.71. The van der Waals surface area contributed by atoms with Crippen LogP contribution in [0.5, 0.6) is 0 Å². The van der Waals surface area contributed by atoms with E-state index in [0.717, 1.165) is 39.3 Å². The van der Waals surface area contributed by atoms with Crippen LogP contribution >= 0.6 is 0 Å². The highest BCUT2D eigenvalue weighted by molar-refractivity contribution is 4.75. The molecule has 2 fully saturated rings. The van der Waals surface area contributed by atoms with E-state index < -0.39 is 0 Å². The molecule has 0 amide bonds. The van der Waals surface area contributed by atoms with E-state index in [1.54, 1.807) is 0 Å². The van der Waals surface area contributed by atoms with Crippen molar-refractivity contribution in [2.24, 2.45) is 0 Å². The third-order valence-electron chi connectivity index (χ3n) is 4.19. The Balaban J connectivity index is 1.58. The summed E-state index contributed by atoms with van der Waals surface area (Å²) in [6.07, 6.45) is 7.59. The van der Waals surface area contributed by atoms with E-state index in [-0.39, 0.29) is 6.29 Å². The molecule has 2 atom stereocenters. The standard InChI is InChI=1S/C15H30N2O2/c1-2-17(13-14-7-3-5-9-16-14)10-12-19-15-8-4-6-11-18-15/h14-16H,2-13H2,1H3. The molecule has 19 heavy (non-hydrogen) atoms. The Labute approximate surface area is 117 Å². The number of hydrogen-bond donors (Lipinski definition) is 1. The van der Waals surface area contributed by atoms with Crippen molar-refractivity contribution in [2.75, 3.05) is 39.4 Å². The largest absolute Gasteiger partial charge is 0.353 e. The van der Waals surface area contributed by atoms with Crippen molar-refractivity contribution in [2.45, 2.75) is 57.8 Å². The van der Waals surface area contributed by atoms with Gasteiger partial charge in [0.25, 0.3) is 0 Å². The maximum Gasteiger partial charge on any atom is 0.157 e. The maximum atomic E-state index is 5.82. The van der Waals surface area contributed by atoms with Crippen molar-refractivity contribution in [3.63, 3.8) is 0 Å². The van der Waals surface area contributed by atoms with E-state index >= 15 is 0 Å². The fraction of sp³-hybridized carbons (Fsp3) is 1.00. The maximum absolute atomic E-state index is 5.82. The lowest BCUT2D eigenvalue weighted by Crippen LogP contribution is -2.44. The summed E-state index contributed by atoms with van der Waals surface area (Å²) in [7, 11) is 0. The summed E-state index contributed by atoms with van der Waals surface area (Å²) >= 11 is 0. The lowest BCUT2D eigenvalue weighted by molar-refractivity contribution is -0.164. The van der Waals surface area contributed by atoms with Crippen LogP contribution in [0.15, 0.2) is 0 Å². The minimum atomic E-state index is 0.0558. The van der Waals surface area contributed by atoms with Crippen LogP contribution in [0.4, 0.5) is 0 Å². The molecule has 4 heteroatoms. The van der Waals surface area contributed by atoms with Crippen LogP contribution in [0.25, 0.3) is 0 Å². The number of piperidine rings is 1. The quantitative estimate of drug-likeness (QED) is 0.767. The molecule has 0 saturated carbocycles. The van der Waals surface area contributed by atoms with Crippen molar-refractivity contribution in [1.29, 1.82) is 0 Å². The number of hydrogen-bond acceptors (Lipinski definition) is 4. The van der Waals surface area contributed by atoms with Crippen molar-refractivity contribution in [3.8, 4) is 0 Å². The third-order valence-corrected chi connectivity index (χ3v) is 4.19. The van der Waals surface area contributed by atoms with Crippen molar-refractivity contribution in [3.05, 3.63) is 0 Å². The van der Waals surface area contributed by atoms with E-state index in [9.17, 15) is 0 Å². The molecule has 2 heterocycles. The highest BCUT2D eigenvalue weighted by Crippen LogP contribution is 2.13. The predicted octanol–water partition coefficient (Wildman–Crippen LogP) is 1.99. The van der Waals surface area contributed by atoms with Crippen LogP contribution < -0.4 is 5.32 Å². The lowest BCUT2D eigenvalue weighted by Gasteiger charge is -2.30. The molecule has 0 aromatic rings. The van der Waals surface area contributed by atoms with E-state index in [1.807, 2.05) is 0 Å². The molecule has 2 unspecified atom stereocenters. The highest BCUT2D eigenvalue weighted by atomic mass is 16.7. The summed E-state index contributed by atoms with van der Waals surface area (Å²) in [5, 5.41) is 3.62. The van der Waals surface area contributed by atoms with E-state index in [4.69, 9.17) is 9.47 Å². The Kier molecular flexibility index (Phi) is 7.14. The van der Waals surface area contributed by atoms with Gasteiger partial charge < -0.3 is 14.8 Å². The summed E-state index contributed by atoms with van der Waals surface area (Å²) in [4.78, 5) is 2.49. The molecule has 2 saturated heterocycles. The molecule has 112 valence electrons. The van der Waals surface area contributed by atoms with Gasteiger partial charge in [0.2, 0.25) is 0 Å². The molecule has 1 N–H and O–H groups in total. The number of likely N-dealkylation sites (N-methyl/N-ethyl adjacent to an activating group) is 1. The zero-order valence-electron chi connectivity index (χ0n) is 12.4. The zero-order chi connectivity index (χ0) is 13.3. The molecule has 0 aromatic carbocycles. The van der Waals surface area contributed by atoms with Crippen LogP contribution in [-0.2, 0) is 9.47 Å². The fourth-order valence-electron chi connectivity index (χ4n) is 2.93. The molecule has 0 aliphatic carbocycles. The van der Waals surface area contributed by atoms with Gasteiger partial charge in [0.15, 0.2) is 6.29 Å². The monoisotopic (exact) mass is 270 g/mol. The average molecular weight is 270 g/mol. The normalized spacial score (nSPS) is 28.7. The smallest absolute Gasteiger partial charge is 0.157 e. The summed E-state index contributed by atoms with van der Waals surface area (Å²) < 4.78 is 11.4. The van der Waals surface area contributed by atoms with Crippen LogP contribution in [0.2, 0.25) is 0 Å². The molecule has 0 bridgehead atoms. The third kappa shape index (κ3) is 5.78. The second-order valence-corrected chi connectivity index (χ2v) is 5.71. The lowest BCUT2D eigenvalue weighted by atomic mass is 10.0. The predicted molar refractivity (Wildman–Crippen MR) is 77.3 cm³/mol. The van der Waals surface area contributed by atoms with Crippen LogP contribution in [-0.4, -0.2) is 56.6 Å². The summed E-state index contributed by atoms with van der Waals surface area (Å²) in [5.74, 6) is 0. The van der Waals surface area contributed by atoms with Gasteiger partial charge in [-0.25, -0.2) is 0 Å². The first-order valence-electron chi connectivity index (χ1n) is 8.07. The Morgan fingerprint density at radius 1 is 1.21 bits per heavy atom. The van der Waals surface area contributed by atoms with Gasteiger partial charge in [-0.2, -0.15) is 0 Å². The molecular weight excluding hydrogens is 240 g/mol. The first kappa shape index (κ1) is 15.2. The average Bonchev–Trinajstić information content (AvgIpc) is 2.48. The first-order chi connectivity index (χ1) is 9.38. The summed E-state index contributed by atoms with van der Waals surface area (Å²) in [6, 6.07) is 0.680. The second kappa shape index (κ2) is 8.90. The number of rotatable bonds is 7. The minimum absolute atomic E-state index is 0.0558. The van der Waals surface area contributed by atoms with Gasteiger partial charge in [-0.05, 0) is 45.2 Å². The topological polar surface area (TPSA) is 33.7 Å². The fourth-order valence-corrected chi connectivity index (χ4v) is 2.93. The van der Waals surface area contributed by atoms with E-state index in [1.165, 1.54) is 38.6 Å². The number of nitrogens with zero attached hydrogens (tertiary/aromatic N) is 1. The van der Waals surface area contributed by atoms with Gasteiger partial charge >= 0.3 is 0 Å². The van der Waals surface area contributed by atoms with Crippen molar-refractivity contribution in [1.82, 2.24) is 10.2 Å². The van der Waals surface area contributed by atoms with Gasteiger partial charge in [-0.3, -0.25) is 4.90 Å². The van der Waals surface area contributed by atoms with Crippen LogP contribution in [0.3, 0.4) is 0 Å². The van der Waals surface area contributed by atoms with Gasteiger partial charge in [-0.1, -0.05) is 13.3 Å². The highest BCUT2D eigenvalue weighted by Gasteiger charge is 2.17. The molecule has 0 spiro atoms. The summed E-state index contributed by atoms with van der Waals surface area (Å²) in [5.41, 5.74) is 0. The zero-order valence-corrected chi connectivity index (χ0v) is 12.4. The molecule has 2 rings (SSSR count).